The van der Waals surface area contributed by atoms with Gasteiger partial charge in [0.2, 0.25) is 0 Å². The van der Waals surface area contributed by atoms with Gasteiger partial charge in [-0.1, -0.05) is 43.8 Å². The van der Waals surface area contributed by atoms with Gasteiger partial charge in [0.15, 0.2) is 0 Å². The molecule has 0 fully saturated rings. The zero-order valence-corrected chi connectivity index (χ0v) is 13.3. The number of rotatable bonds is 11. The van der Waals surface area contributed by atoms with Crippen LogP contribution in [-0.4, -0.2) is 39.5 Å². The first-order valence-corrected chi connectivity index (χ1v) is 8.67. The van der Waals surface area contributed by atoms with Crippen LogP contribution in [0.3, 0.4) is 0 Å². The van der Waals surface area contributed by atoms with Gasteiger partial charge in [0.1, 0.15) is 6.54 Å². The van der Waals surface area contributed by atoms with E-state index >= 15 is 0 Å². The van der Waals surface area contributed by atoms with Gasteiger partial charge in [-0.25, -0.2) is 0 Å². The number of hydrogen-bond donors (Lipinski definition) is 0. The first-order valence-electron chi connectivity index (χ1n) is 7.10. The average Bonchev–Trinajstić information content (AvgIpc) is 2.21. The van der Waals surface area contributed by atoms with Gasteiger partial charge in [-0.3, -0.25) is 0 Å². The van der Waals surface area contributed by atoms with E-state index in [1.165, 1.54) is 25.7 Å². The first kappa shape index (κ1) is 17.9. The van der Waals surface area contributed by atoms with Crippen molar-refractivity contribution in [2.24, 2.45) is 0 Å². The molecule has 0 unspecified atom stereocenters. The lowest BCUT2D eigenvalue weighted by Gasteiger charge is -2.25. The van der Waals surface area contributed by atoms with Gasteiger partial charge in [-0.15, -0.1) is 0 Å². The summed E-state index contributed by atoms with van der Waals surface area (Å²) in [5.74, 6) is 0.102. The highest BCUT2D eigenvalue weighted by molar-refractivity contribution is 7.86. The number of unbranched alkanes of at least 4 members (excludes halogenated alkanes) is 5. The van der Waals surface area contributed by atoms with E-state index in [0.717, 1.165) is 19.4 Å². The fraction of sp³-hybridized carbons (Fsp3) is 1.00. The maximum Gasteiger partial charge on any atom is 0.314 e. The fourth-order valence-corrected chi connectivity index (χ4v) is 3.17. The summed E-state index contributed by atoms with van der Waals surface area (Å²) in [6.07, 6.45) is 7.81. The monoisotopic (exact) mass is 280 g/mol. The van der Waals surface area contributed by atoms with Crippen molar-refractivity contribution in [3.63, 3.8) is 0 Å². The summed E-state index contributed by atoms with van der Waals surface area (Å²) < 4.78 is 28.5. The summed E-state index contributed by atoms with van der Waals surface area (Å²) >= 11 is 0. The van der Waals surface area contributed by atoms with Crippen LogP contribution in [0.25, 0.3) is 0 Å². The molecule has 0 heterocycles. The molecule has 0 aromatic carbocycles. The zero-order chi connectivity index (χ0) is 14.1. The summed E-state index contributed by atoms with van der Waals surface area (Å²) in [5, 5.41) is 0. The van der Waals surface area contributed by atoms with Crippen LogP contribution in [0.2, 0.25) is 0 Å². The quantitative estimate of drug-likeness (QED) is 0.332. The van der Waals surface area contributed by atoms with Crippen LogP contribution in [-0.2, 0) is 14.4 Å². The number of nitrogens with zero attached hydrogens (tertiary/aromatic N) is 1. The van der Waals surface area contributed by atoms with E-state index < -0.39 is 10.1 Å². The number of hydrogen-bond acceptors (Lipinski definition) is 3. The molecule has 0 saturated carbocycles. The maximum absolute atomic E-state index is 11.6. The minimum absolute atomic E-state index is 0.102. The van der Waals surface area contributed by atoms with Gasteiger partial charge in [-0.05, 0) is 19.3 Å². The van der Waals surface area contributed by atoms with Gasteiger partial charge < -0.3 is 0 Å². The Morgan fingerprint density at radius 3 is 2.00 bits per heavy atom. The highest BCUT2D eigenvalue weighted by atomic mass is 32.2. The molecule has 0 aromatic rings. The van der Waals surface area contributed by atoms with Crippen molar-refractivity contribution < 1.29 is 17.3 Å². The topological polar surface area (TPSA) is 43.4 Å². The Hall–Kier alpha value is -0.130. The normalized spacial score (nSPS) is 12.9. The second-order valence-corrected chi connectivity index (χ2v) is 7.07. The van der Waals surface area contributed by atoms with Crippen molar-refractivity contribution in [3.8, 4) is 0 Å². The van der Waals surface area contributed by atoms with E-state index in [1.807, 2.05) is 6.92 Å². The van der Waals surface area contributed by atoms with Crippen molar-refractivity contribution >= 4 is 10.1 Å². The Morgan fingerprint density at radius 1 is 0.889 bits per heavy atom. The van der Waals surface area contributed by atoms with Gasteiger partial charge >= 0.3 is 10.1 Å². The molecule has 0 aromatic heterocycles. The third-order valence-electron chi connectivity index (χ3n) is 2.82. The molecule has 0 radical (unpaired) electrons. The Bertz CT molecular complexity index is 299. The second-order valence-electron chi connectivity index (χ2n) is 5.40. The number of hydroxylamine groups is 3. The zero-order valence-electron chi connectivity index (χ0n) is 12.4. The molecule has 0 N–H and O–H groups in total. The van der Waals surface area contributed by atoms with Gasteiger partial charge in [0.05, 0.1) is 19.8 Å². The smallest absolute Gasteiger partial charge is 0.194 e. The van der Waals surface area contributed by atoms with Crippen LogP contribution in [0.4, 0.5) is 0 Å². The second kappa shape index (κ2) is 8.88. The van der Waals surface area contributed by atoms with Crippen LogP contribution in [0.15, 0.2) is 0 Å². The molecule has 110 valence electrons. The van der Waals surface area contributed by atoms with Crippen molar-refractivity contribution in [2.45, 2.75) is 58.8 Å². The summed E-state index contributed by atoms with van der Waals surface area (Å²) in [6.45, 7) is 4.79. The Kier molecular flexibility index (Phi) is 8.82. The molecule has 4 nitrogen and oxygen atoms in total. The Morgan fingerprint density at radius 2 is 1.44 bits per heavy atom. The molecule has 18 heavy (non-hydrogen) atoms. The summed E-state index contributed by atoms with van der Waals surface area (Å²) in [4.78, 5) is 0. The largest absolute Gasteiger partial charge is 0.314 e. The fourth-order valence-electron chi connectivity index (χ4n) is 1.90. The maximum atomic E-state index is 11.6. The predicted octanol–water partition coefficient (Wildman–Crippen LogP) is 3.09. The van der Waals surface area contributed by atoms with Crippen LogP contribution in [0, 0.1) is 0 Å². The van der Waals surface area contributed by atoms with Crippen LogP contribution in [0.1, 0.15) is 58.8 Å². The molecule has 0 amide bonds. The minimum atomic E-state index is -3.37. The van der Waals surface area contributed by atoms with E-state index in [0.29, 0.717) is 6.42 Å². The average molecular weight is 280 g/mol. The standard InChI is InChI=1S/C13H30NO3S/c1-5-7-8-9-10-11-12-14(3,4)17-18(15,16)13-6-2/h5-13H2,1-4H3/q+1. The molecule has 0 aliphatic heterocycles. The van der Waals surface area contributed by atoms with E-state index in [9.17, 15) is 8.42 Å². The highest BCUT2D eigenvalue weighted by Crippen LogP contribution is 2.11. The molecule has 0 spiro atoms. The molecule has 0 aliphatic rings. The SMILES string of the molecule is CCCCCCCC[N+](C)(C)OS(=O)(=O)CCC. The lowest BCUT2D eigenvalue weighted by molar-refractivity contribution is -1.05. The molecule has 0 aliphatic carbocycles. The summed E-state index contributed by atoms with van der Waals surface area (Å²) in [6, 6.07) is 0. The van der Waals surface area contributed by atoms with Crippen LogP contribution < -0.4 is 0 Å². The van der Waals surface area contributed by atoms with E-state index in [4.69, 9.17) is 4.28 Å². The summed E-state index contributed by atoms with van der Waals surface area (Å²) in [7, 11) is 0.241. The summed E-state index contributed by atoms with van der Waals surface area (Å²) in [5.41, 5.74) is 0. The van der Waals surface area contributed by atoms with Crippen molar-refractivity contribution in [2.75, 3.05) is 26.4 Å². The van der Waals surface area contributed by atoms with E-state index in [2.05, 4.69) is 6.92 Å². The predicted molar refractivity (Wildman–Crippen MR) is 75.5 cm³/mol. The van der Waals surface area contributed by atoms with Crippen molar-refractivity contribution in [1.82, 2.24) is 0 Å². The highest BCUT2D eigenvalue weighted by Gasteiger charge is 2.25. The van der Waals surface area contributed by atoms with Gasteiger partial charge in [0.25, 0.3) is 0 Å². The van der Waals surface area contributed by atoms with E-state index in [-0.39, 0.29) is 10.4 Å². The third-order valence-corrected chi connectivity index (χ3v) is 4.36. The molecule has 0 atom stereocenters. The Balaban J connectivity index is 3.86. The van der Waals surface area contributed by atoms with Gasteiger partial charge in [-0.2, -0.15) is 13.1 Å². The lowest BCUT2D eigenvalue weighted by atomic mass is 10.1. The molecule has 0 bridgehead atoms. The van der Waals surface area contributed by atoms with Crippen LogP contribution >= 0.6 is 0 Å². The third kappa shape index (κ3) is 9.85. The molecule has 0 rings (SSSR count). The van der Waals surface area contributed by atoms with Gasteiger partial charge in [0, 0.05) is 0 Å². The molecular formula is C13H30NO3S+. The van der Waals surface area contributed by atoms with E-state index in [1.54, 1.807) is 14.1 Å². The minimum Gasteiger partial charge on any atom is -0.194 e. The van der Waals surface area contributed by atoms with Crippen LogP contribution in [0.5, 0.6) is 0 Å². The molecular weight excluding hydrogens is 250 g/mol. The molecule has 0 saturated heterocycles. The molecule has 5 heteroatoms. The number of quaternary nitrogens is 1. The lowest BCUT2D eigenvalue weighted by Crippen LogP contribution is -2.42. The first-order chi connectivity index (χ1) is 8.33. The Labute approximate surface area is 113 Å². The van der Waals surface area contributed by atoms with Crippen molar-refractivity contribution in [1.29, 1.82) is 0 Å². The van der Waals surface area contributed by atoms with Crippen molar-refractivity contribution in [3.05, 3.63) is 0 Å².